The Bertz CT molecular complexity index is 353. The van der Waals surface area contributed by atoms with Crippen LogP contribution >= 0.6 is 0 Å². The van der Waals surface area contributed by atoms with E-state index in [2.05, 4.69) is 10.6 Å². The summed E-state index contributed by atoms with van der Waals surface area (Å²) in [7, 11) is 0. The SMILES string of the molecule is CC(C)(C)C(=O)NCC(=O)NC1(C(=O)O)CC1. The zero-order chi connectivity index (χ0) is 13.3. The van der Waals surface area contributed by atoms with E-state index in [1.54, 1.807) is 20.8 Å². The van der Waals surface area contributed by atoms with Crippen molar-refractivity contribution in [3.05, 3.63) is 0 Å². The standard InChI is InChI=1S/C11H18N2O4/c1-10(2,3)8(15)12-6-7(14)13-11(4-5-11)9(16)17/h4-6H2,1-3H3,(H,12,15)(H,13,14)(H,16,17). The number of hydrogen-bond donors (Lipinski definition) is 3. The summed E-state index contributed by atoms with van der Waals surface area (Å²) in [4.78, 5) is 33.7. The maximum Gasteiger partial charge on any atom is 0.329 e. The van der Waals surface area contributed by atoms with Gasteiger partial charge >= 0.3 is 5.97 Å². The van der Waals surface area contributed by atoms with Crippen molar-refractivity contribution >= 4 is 17.8 Å². The van der Waals surface area contributed by atoms with Crippen molar-refractivity contribution in [3.8, 4) is 0 Å². The van der Waals surface area contributed by atoms with Gasteiger partial charge in [0.25, 0.3) is 0 Å². The van der Waals surface area contributed by atoms with Gasteiger partial charge in [-0.3, -0.25) is 9.59 Å². The Morgan fingerprint density at radius 2 is 1.76 bits per heavy atom. The first-order valence-electron chi connectivity index (χ1n) is 5.50. The summed E-state index contributed by atoms with van der Waals surface area (Å²) in [5.74, 6) is -1.73. The first kappa shape index (κ1) is 13.5. The number of hydrogen-bond acceptors (Lipinski definition) is 3. The molecule has 0 bridgehead atoms. The highest BCUT2D eigenvalue weighted by atomic mass is 16.4. The molecule has 0 heterocycles. The zero-order valence-corrected chi connectivity index (χ0v) is 10.3. The van der Waals surface area contributed by atoms with Crippen LogP contribution in [-0.2, 0) is 14.4 Å². The number of carboxylic acid groups (broad SMARTS) is 1. The van der Waals surface area contributed by atoms with Crippen molar-refractivity contribution in [3.63, 3.8) is 0 Å². The fraction of sp³-hybridized carbons (Fsp3) is 0.727. The van der Waals surface area contributed by atoms with Crippen LogP contribution in [0, 0.1) is 5.41 Å². The second-order valence-electron chi connectivity index (χ2n) is 5.37. The molecule has 6 heteroatoms. The third-order valence-corrected chi connectivity index (χ3v) is 2.63. The van der Waals surface area contributed by atoms with E-state index in [1.807, 2.05) is 0 Å². The van der Waals surface area contributed by atoms with E-state index in [4.69, 9.17) is 5.11 Å². The van der Waals surface area contributed by atoms with Gasteiger partial charge in [0.2, 0.25) is 11.8 Å². The molecule has 0 aromatic carbocycles. The van der Waals surface area contributed by atoms with E-state index in [0.29, 0.717) is 12.8 Å². The predicted molar refractivity (Wildman–Crippen MR) is 60.2 cm³/mol. The van der Waals surface area contributed by atoms with Crippen LogP contribution in [0.5, 0.6) is 0 Å². The van der Waals surface area contributed by atoms with Crippen LogP contribution in [0.25, 0.3) is 0 Å². The Morgan fingerprint density at radius 3 is 2.12 bits per heavy atom. The van der Waals surface area contributed by atoms with Crippen LogP contribution in [0.2, 0.25) is 0 Å². The highest BCUT2D eigenvalue weighted by Gasteiger charge is 2.51. The number of carboxylic acids is 1. The molecule has 17 heavy (non-hydrogen) atoms. The van der Waals surface area contributed by atoms with Crippen LogP contribution in [0.4, 0.5) is 0 Å². The van der Waals surface area contributed by atoms with Gasteiger partial charge in [-0.25, -0.2) is 4.79 Å². The minimum absolute atomic E-state index is 0.189. The van der Waals surface area contributed by atoms with Crippen molar-refractivity contribution in [1.29, 1.82) is 0 Å². The van der Waals surface area contributed by atoms with E-state index in [-0.39, 0.29) is 12.5 Å². The largest absolute Gasteiger partial charge is 0.480 e. The Morgan fingerprint density at radius 1 is 1.24 bits per heavy atom. The molecule has 1 rings (SSSR count). The van der Waals surface area contributed by atoms with E-state index >= 15 is 0 Å². The molecule has 0 aliphatic heterocycles. The first-order valence-corrected chi connectivity index (χ1v) is 5.50. The summed E-state index contributed by atoms with van der Waals surface area (Å²) in [6, 6.07) is 0. The maximum absolute atomic E-state index is 11.5. The Labute approximate surface area is 99.8 Å². The number of rotatable bonds is 4. The molecule has 0 atom stereocenters. The highest BCUT2D eigenvalue weighted by molar-refractivity contribution is 5.92. The topological polar surface area (TPSA) is 95.5 Å². The highest BCUT2D eigenvalue weighted by Crippen LogP contribution is 2.35. The zero-order valence-electron chi connectivity index (χ0n) is 10.3. The number of amides is 2. The molecule has 6 nitrogen and oxygen atoms in total. The average Bonchev–Trinajstić information content (AvgIpc) is 2.93. The smallest absolute Gasteiger partial charge is 0.329 e. The molecule has 1 saturated carbocycles. The molecule has 1 aliphatic carbocycles. The third-order valence-electron chi connectivity index (χ3n) is 2.63. The van der Waals surface area contributed by atoms with Crippen LogP contribution in [0.1, 0.15) is 33.6 Å². The lowest BCUT2D eigenvalue weighted by molar-refractivity contribution is -0.143. The Hall–Kier alpha value is -1.59. The summed E-state index contributed by atoms with van der Waals surface area (Å²) in [6.07, 6.45) is 0.891. The fourth-order valence-corrected chi connectivity index (χ4v) is 1.25. The van der Waals surface area contributed by atoms with Gasteiger partial charge in [0.15, 0.2) is 0 Å². The molecule has 1 aliphatic rings. The number of carbonyl (C=O) groups excluding carboxylic acids is 2. The summed E-state index contributed by atoms with van der Waals surface area (Å²) in [6.45, 7) is 5.02. The Balaban J connectivity index is 2.37. The number of aliphatic carboxylic acids is 1. The van der Waals surface area contributed by atoms with Crippen molar-refractivity contribution in [2.24, 2.45) is 5.41 Å². The van der Waals surface area contributed by atoms with Gasteiger partial charge < -0.3 is 15.7 Å². The number of carbonyl (C=O) groups is 3. The van der Waals surface area contributed by atoms with Crippen LogP contribution in [0.15, 0.2) is 0 Å². The van der Waals surface area contributed by atoms with Gasteiger partial charge in [-0.1, -0.05) is 20.8 Å². The predicted octanol–water partition coefficient (Wildman–Crippen LogP) is -0.118. The second-order valence-corrected chi connectivity index (χ2v) is 5.37. The number of nitrogens with one attached hydrogen (secondary N) is 2. The van der Waals surface area contributed by atoms with Crippen LogP contribution in [-0.4, -0.2) is 35.0 Å². The van der Waals surface area contributed by atoms with Gasteiger partial charge in [-0.15, -0.1) is 0 Å². The van der Waals surface area contributed by atoms with E-state index in [9.17, 15) is 14.4 Å². The quantitative estimate of drug-likeness (QED) is 0.640. The lowest BCUT2D eigenvalue weighted by atomic mass is 9.96. The van der Waals surface area contributed by atoms with Gasteiger partial charge in [0.1, 0.15) is 5.54 Å². The van der Waals surface area contributed by atoms with Crippen LogP contribution in [0.3, 0.4) is 0 Å². The minimum Gasteiger partial charge on any atom is -0.480 e. The van der Waals surface area contributed by atoms with Gasteiger partial charge in [0, 0.05) is 5.41 Å². The molecular weight excluding hydrogens is 224 g/mol. The molecule has 0 aromatic rings. The average molecular weight is 242 g/mol. The minimum atomic E-state index is -1.09. The second kappa shape index (κ2) is 4.35. The lowest BCUT2D eigenvalue weighted by Gasteiger charge is -2.18. The Kier molecular flexibility index (Phi) is 3.45. The molecule has 0 radical (unpaired) electrons. The van der Waals surface area contributed by atoms with Crippen molar-refractivity contribution in [1.82, 2.24) is 10.6 Å². The molecule has 0 aromatic heterocycles. The van der Waals surface area contributed by atoms with Gasteiger partial charge in [0.05, 0.1) is 6.54 Å². The molecule has 0 saturated heterocycles. The summed E-state index contributed by atoms with van der Waals surface area (Å²) >= 11 is 0. The first-order chi connectivity index (χ1) is 7.67. The van der Waals surface area contributed by atoms with Crippen molar-refractivity contribution < 1.29 is 19.5 Å². The van der Waals surface area contributed by atoms with Crippen LogP contribution < -0.4 is 10.6 Å². The molecule has 3 N–H and O–H groups in total. The summed E-state index contributed by atoms with van der Waals surface area (Å²) in [5, 5.41) is 13.7. The van der Waals surface area contributed by atoms with E-state index in [1.165, 1.54) is 0 Å². The maximum atomic E-state index is 11.5. The third kappa shape index (κ3) is 3.44. The molecular formula is C11H18N2O4. The molecule has 96 valence electrons. The molecule has 0 spiro atoms. The molecule has 1 fully saturated rings. The van der Waals surface area contributed by atoms with Gasteiger partial charge in [-0.2, -0.15) is 0 Å². The normalized spacial score (nSPS) is 17.1. The van der Waals surface area contributed by atoms with Crippen molar-refractivity contribution in [2.45, 2.75) is 39.2 Å². The summed E-state index contributed by atoms with van der Waals surface area (Å²) < 4.78 is 0. The monoisotopic (exact) mass is 242 g/mol. The fourth-order valence-electron chi connectivity index (χ4n) is 1.25. The molecule has 2 amide bonds. The van der Waals surface area contributed by atoms with E-state index < -0.39 is 22.8 Å². The van der Waals surface area contributed by atoms with Crippen molar-refractivity contribution in [2.75, 3.05) is 6.54 Å². The molecule has 0 unspecified atom stereocenters. The van der Waals surface area contributed by atoms with E-state index in [0.717, 1.165) is 0 Å². The lowest BCUT2D eigenvalue weighted by Crippen LogP contribution is -2.48. The summed E-state index contributed by atoms with van der Waals surface area (Å²) in [5.41, 5.74) is -1.66. The van der Waals surface area contributed by atoms with Gasteiger partial charge in [-0.05, 0) is 12.8 Å².